The highest BCUT2D eigenvalue weighted by Gasteiger charge is 2.28. The molecule has 0 unspecified atom stereocenters. The third-order valence-electron chi connectivity index (χ3n) is 3.98. The van der Waals surface area contributed by atoms with E-state index in [2.05, 4.69) is 4.98 Å². The number of aliphatic imine (C=N–C) groups is 1. The van der Waals surface area contributed by atoms with Crippen LogP contribution in [0.1, 0.15) is 37.8 Å². The molecule has 2 heterocycles. The molecule has 1 saturated carbocycles. The minimum absolute atomic E-state index is 0.406. The highest BCUT2D eigenvalue weighted by Crippen LogP contribution is 2.30. The smallest absolute Gasteiger partial charge is 0.189 e. The fourth-order valence-corrected chi connectivity index (χ4v) is 2.96. The number of pyridine rings is 1. The normalized spacial score (nSPS) is 24.7. The maximum absolute atomic E-state index is 5.73. The van der Waals surface area contributed by atoms with Gasteiger partial charge in [0.15, 0.2) is 5.90 Å². The lowest BCUT2D eigenvalue weighted by atomic mass is 9.84. The Morgan fingerprint density at radius 1 is 1.17 bits per heavy atom. The predicted molar refractivity (Wildman–Crippen MR) is 71.7 cm³/mol. The van der Waals surface area contributed by atoms with Gasteiger partial charge in [0.25, 0.3) is 0 Å². The van der Waals surface area contributed by atoms with Gasteiger partial charge >= 0.3 is 0 Å². The van der Waals surface area contributed by atoms with Crippen LogP contribution >= 0.6 is 0 Å². The van der Waals surface area contributed by atoms with E-state index < -0.39 is 0 Å². The molecule has 1 aliphatic carbocycles. The zero-order chi connectivity index (χ0) is 12.2. The summed E-state index contributed by atoms with van der Waals surface area (Å²) in [5.41, 5.74) is 1.04. The van der Waals surface area contributed by atoms with Crippen LogP contribution in [0.15, 0.2) is 29.4 Å². The van der Waals surface area contributed by atoms with Crippen molar-refractivity contribution >= 4 is 5.90 Å². The van der Waals surface area contributed by atoms with Crippen LogP contribution in [0.5, 0.6) is 0 Å². The maximum Gasteiger partial charge on any atom is 0.189 e. The van der Waals surface area contributed by atoms with Gasteiger partial charge in [-0.3, -0.25) is 4.98 Å². The van der Waals surface area contributed by atoms with E-state index in [9.17, 15) is 0 Å². The lowest BCUT2D eigenvalue weighted by Crippen LogP contribution is -2.22. The van der Waals surface area contributed by atoms with E-state index in [1.165, 1.54) is 32.1 Å². The molecule has 0 bridgehead atoms. The molecule has 0 N–H and O–H groups in total. The Bertz CT molecular complexity index is 410. The number of hydrogen-bond donors (Lipinski definition) is 0. The molecule has 0 radical (unpaired) electrons. The van der Waals surface area contributed by atoms with Gasteiger partial charge in [0.1, 0.15) is 6.61 Å². The van der Waals surface area contributed by atoms with Gasteiger partial charge in [-0.05, 0) is 30.9 Å². The zero-order valence-electron chi connectivity index (χ0n) is 10.7. The largest absolute Gasteiger partial charge is 0.478 e. The molecule has 0 amide bonds. The molecule has 3 rings (SSSR count). The Kier molecular flexibility index (Phi) is 3.58. The van der Waals surface area contributed by atoms with E-state index in [0.717, 1.165) is 30.5 Å². The van der Waals surface area contributed by atoms with Crippen LogP contribution in [-0.4, -0.2) is 23.5 Å². The van der Waals surface area contributed by atoms with Crippen molar-refractivity contribution in [1.29, 1.82) is 0 Å². The number of hydrogen-bond acceptors (Lipinski definition) is 3. The molecule has 1 fully saturated rings. The summed E-state index contributed by atoms with van der Waals surface area (Å²) in [7, 11) is 0. The summed E-state index contributed by atoms with van der Waals surface area (Å²) in [4.78, 5) is 9.08. The van der Waals surface area contributed by atoms with E-state index in [-0.39, 0.29) is 0 Å². The first-order chi connectivity index (χ1) is 8.92. The Labute approximate surface area is 108 Å². The number of rotatable bonds is 3. The van der Waals surface area contributed by atoms with Gasteiger partial charge in [0.2, 0.25) is 0 Å². The summed E-state index contributed by atoms with van der Waals surface area (Å²) in [6.07, 6.45) is 9.35. The first kappa shape index (κ1) is 11.7. The molecule has 2 aliphatic rings. The molecule has 3 heteroatoms. The van der Waals surface area contributed by atoms with Crippen LogP contribution in [0.4, 0.5) is 0 Å². The lowest BCUT2D eigenvalue weighted by Gasteiger charge is -2.24. The highest BCUT2D eigenvalue weighted by molar-refractivity contribution is 5.79. The Morgan fingerprint density at radius 2 is 2.06 bits per heavy atom. The van der Waals surface area contributed by atoms with Gasteiger partial charge in [-0.15, -0.1) is 0 Å². The minimum atomic E-state index is 0.406. The summed E-state index contributed by atoms with van der Waals surface area (Å²) in [5.74, 6) is 1.63. The van der Waals surface area contributed by atoms with Gasteiger partial charge in [0, 0.05) is 11.9 Å². The average molecular weight is 244 g/mol. The fraction of sp³-hybridized carbons (Fsp3) is 0.600. The second-order valence-electron chi connectivity index (χ2n) is 5.30. The van der Waals surface area contributed by atoms with E-state index >= 15 is 0 Å². The van der Waals surface area contributed by atoms with Crippen LogP contribution in [0, 0.1) is 5.92 Å². The molecule has 0 saturated heterocycles. The Balaban J connectivity index is 1.61. The quantitative estimate of drug-likeness (QED) is 0.819. The van der Waals surface area contributed by atoms with E-state index in [1.54, 1.807) is 0 Å². The fourth-order valence-electron chi connectivity index (χ4n) is 2.96. The van der Waals surface area contributed by atoms with Crippen LogP contribution in [0.2, 0.25) is 0 Å². The third kappa shape index (κ3) is 2.71. The van der Waals surface area contributed by atoms with E-state index in [1.807, 2.05) is 24.4 Å². The predicted octanol–water partition coefficient (Wildman–Crippen LogP) is 3.00. The van der Waals surface area contributed by atoms with Gasteiger partial charge in [-0.2, -0.15) is 0 Å². The Morgan fingerprint density at radius 3 is 2.83 bits per heavy atom. The molecule has 96 valence electrons. The molecule has 0 aromatic carbocycles. The summed E-state index contributed by atoms with van der Waals surface area (Å²) in [5, 5.41) is 0. The van der Waals surface area contributed by atoms with Gasteiger partial charge in [-0.25, -0.2) is 4.99 Å². The van der Waals surface area contributed by atoms with Crippen LogP contribution in [0.3, 0.4) is 0 Å². The molecule has 18 heavy (non-hydrogen) atoms. The molecule has 1 aliphatic heterocycles. The van der Waals surface area contributed by atoms with E-state index in [0.29, 0.717) is 6.04 Å². The maximum atomic E-state index is 5.73. The monoisotopic (exact) mass is 244 g/mol. The Hall–Kier alpha value is -1.38. The van der Waals surface area contributed by atoms with Crippen molar-refractivity contribution in [2.45, 2.75) is 44.6 Å². The lowest BCUT2D eigenvalue weighted by molar-refractivity contribution is 0.238. The van der Waals surface area contributed by atoms with Gasteiger partial charge in [-0.1, -0.05) is 25.3 Å². The first-order valence-corrected chi connectivity index (χ1v) is 7.01. The average Bonchev–Trinajstić information content (AvgIpc) is 2.89. The summed E-state index contributed by atoms with van der Waals surface area (Å²) in [6, 6.07) is 6.38. The second kappa shape index (κ2) is 5.51. The molecule has 1 atom stereocenters. The number of aromatic nitrogens is 1. The second-order valence-corrected chi connectivity index (χ2v) is 5.30. The summed E-state index contributed by atoms with van der Waals surface area (Å²) >= 11 is 0. The van der Waals surface area contributed by atoms with Crippen molar-refractivity contribution in [1.82, 2.24) is 4.98 Å². The van der Waals surface area contributed by atoms with Crippen LogP contribution in [0.25, 0.3) is 0 Å². The minimum Gasteiger partial charge on any atom is -0.478 e. The standard InChI is InChI=1S/C15H20N2O/c1-2-6-12(7-3-1)14-11-18-15(17-14)10-13-8-4-5-9-16-13/h4-5,8-9,12,14H,1-3,6-7,10-11H2/t14-/m0/s1. The highest BCUT2D eigenvalue weighted by atomic mass is 16.5. The molecular formula is C15H20N2O. The van der Waals surface area contributed by atoms with Crippen molar-refractivity contribution in [3.63, 3.8) is 0 Å². The van der Waals surface area contributed by atoms with Crippen molar-refractivity contribution in [3.05, 3.63) is 30.1 Å². The van der Waals surface area contributed by atoms with E-state index in [4.69, 9.17) is 9.73 Å². The van der Waals surface area contributed by atoms with Gasteiger partial charge in [0.05, 0.1) is 12.5 Å². The van der Waals surface area contributed by atoms with Crippen molar-refractivity contribution in [2.24, 2.45) is 10.9 Å². The zero-order valence-corrected chi connectivity index (χ0v) is 10.7. The number of ether oxygens (including phenoxy) is 1. The topological polar surface area (TPSA) is 34.5 Å². The molecule has 1 aromatic rings. The first-order valence-electron chi connectivity index (χ1n) is 7.01. The summed E-state index contributed by atoms with van der Waals surface area (Å²) in [6.45, 7) is 0.785. The van der Waals surface area contributed by atoms with Gasteiger partial charge < -0.3 is 4.74 Å². The van der Waals surface area contributed by atoms with Crippen molar-refractivity contribution in [3.8, 4) is 0 Å². The third-order valence-corrected chi connectivity index (χ3v) is 3.98. The molecular weight excluding hydrogens is 224 g/mol. The number of nitrogens with zero attached hydrogens (tertiary/aromatic N) is 2. The van der Waals surface area contributed by atoms with Crippen LogP contribution < -0.4 is 0 Å². The summed E-state index contributed by atoms with van der Waals surface area (Å²) < 4.78 is 5.73. The molecule has 1 aromatic heterocycles. The van der Waals surface area contributed by atoms with Crippen LogP contribution in [-0.2, 0) is 11.2 Å². The molecule has 3 nitrogen and oxygen atoms in total. The van der Waals surface area contributed by atoms with Crippen molar-refractivity contribution < 1.29 is 4.74 Å². The van der Waals surface area contributed by atoms with Crippen molar-refractivity contribution in [2.75, 3.05) is 6.61 Å². The molecule has 0 spiro atoms. The SMILES string of the molecule is c1ccc(CC2=N[C@H](C3CCCCC3)CO2)nc1.